The zero-order chi connectivity index (χ0) is 19.7. The molecule has 4 rings (SSSR count). The molecule has 144 valence electrons. The minimum absolute atomic E-state index is 0.0218. The highest BCUT2D eigenvalue weighted by Crippen LogP contribution is 2.42. The number of carbonyl (C=O) groups excluding carboxylic acids is 1. The minimum Gasteiger partial charge on any atom is -0.508 e. The number of rotatable bonds is 3. The van der Waals surface area contributed by atoms with Crippen LogP contribution in [0.2, 0.25) is 0 Å². The van der Waals surface area contributed by atoms with E-state index in [4.69, 9.17) is 4.98 Å². The van der Waals surface area contributed by atoms with Crippen LogP contribution >= 0.6 is 11.3 Å². The largest absolute Gasteiger partial charge is 0.508 e. The second kappa shape index (κ2) is 7.40. The molecule has 1 aromatic heterocycles. The van der Waals surface area contributed by atoms with Crippen molar-refractivity contribution in [3.63, 3.8) is 0 Å². The van der Waals surface area contributed by atoms with E-state index in [0.29, 0.717) is 18.7 Å². The van der Waals surface area contributed by atoms with Gasteiger partial charge in [-0.05, 0) is 49.9 Å². The van der Waals surface area contributed by atoms with Crippen LogP contribution in [0.1, 0.15) is 45.0 Å². The Labute approximate surface area is 169 Å². The Hall–Kier alpha value is -2.66. The van der Waals surface area contributed by atoms with Gasteiger partial charge >= 0.3 is 0 Å². The summed E-state index contributed by atoms with van der Waals surface area (Å²) in [5, 5.41) is 13.2. The first-order chi connectivity index (χ1) is 13.5. The second-order valence-corrected chi connectivity index (χ2v) is 8.56. The van der Waals surface area contributed by atoms with Crippen molar-refractivity contribution in [1.82, 2.24) is 9.88 Å². The van der Waals surface area contributed by atoms with E-state index in [0.717, 1.165) is 29.1 Å². The van der Waals surface area contributed by atoms with Crippen molar-refractivity contribution >= 4 is 17.2 Å². The lowest BCUT2D eigenvalue weighted by atomic mass is 9.70. The number of piperidine rings is 1. The van der Waals surface area contributed by atoms with E-state index in [1.165, 1.54) is 5.56 Å². The third-order valence-corrected chi connectivity index (χ3v) is 6.57. The maximum absolute atomic E-state index is 13.0. The van der Waals surface area contributed by atoms with Crippen molar-refractivity contribution in [2.24, 2.45) is 0 Å². The summed E-state index contributed by atoms with van der Waals surface area (Å²) >= 11 is 1.68. The smallest absolute Gasteiger partial charge is 0.253 e. The number of benzene rings is 2. The van der Waals surface area contributed by atoms with Gasteiger partial charge in [0.2, 0.25) is 0 Å². The molecule has 1 N–H and O–H groups in total. The number of amides is 1. The SMILES string of the molecule is Cc1nc(C2(c3ccccc3)CCN(C(=O)c3ccc(C)c(O)c3)CC2)cs1. The first-order valence-electron chi connectivity index (χ1n) is 9.57. The van der Waals surface area contributed by atoms with Crippen molar-refractivity contribution < 1.29 is 9.90 Å². The van der Waals surface area contributed by atoms with Gasteiger partial charge in [0.15, 0.2) is 0 Å². The van der Waals surface area contributed by atoms with Crippen LogP contribution in [0.15, 0.2) is 53.9 Å². The molecule has 3 aromatic rings. The summed E-state index contributed by atoms with van der Waals surface area (Å²) in [6.45, 7) is 5.20. The molecule has 0 spiro atoms. The molecule has 1 fully saturated rings. The lowest BCUT2D eigenvalue weighted by Crippen LogP contribution is -2.46. The van der Waals surface area contributed by atoms with Gasteiger partial charge in [0.1, 0.15) is 5.75 Å². The van der Waals surface area contributed by atoms with Gasteiger partial charge in [0.25, 0.3) is 5.91 Å². The Balaban J connectivity index is 1.60. The summed E-state index contributed by atoms with van der Waals surface area (Å²) in [5.74, 6) is 0.144. The van der Waals surface area contributed by atoms with E-state index in [9.17, 15) is 9.90 Å². The van der Waals surface area contributed by atoms with Gasteiger partial charge < -0.3 is 10.0 Å². The topological polar surface area (TPSA) is 53.4 Å². The maximum Gasteiger partial charge on any atom is 0.253 e. The molecule has 4 nitrogen and oxygen atoms in total. The molecule has 1 aliphatic heterocycles. The molecule has 0 unspecified atom stereocenters. The number of aromatic nitrogens is 1. The molecule has 0 atom stereocenters. The van der Waals surface area contributed by atoms with Gasteiger partial charge in [0.05, 0.1) is 10.7 Å². The average Bonchev–Trinajstić information content (AvgIpc) is 3.17. The first-order valence-corrected chi connectivity index (χ1v) is 10.4. The highest BCUT2D eigenvalue weighted by Gasteiger charge is 2.40. The predicted molar refractivity (Wildman–Crippen MR) is 112 cm³/mol. The number of phenolic OH excluding ortho intramolecular Hbond substituents is 1. The number of phenols is 1. The summed E-state index contributed by atoms with van der Waals surface area (Å²) in [7, 11) is 0. The summed E-state index contributed by atoms with van der Waals surface area (Å²) in [6, 6.07) is 15.7. The molecule has 0 saturated carbocycles. The molecule has 2 heterocycles. The van der Waals surface area contributed by atoms with E-state index in [1.807, 2.05) is 24.8 Å². The number of hydrogen-bond acceptors (Lipinski definition) is 4. The average molecular weight is 393 g/mol. The van der Waals surface area contributed by atoms with Crippen LogP contribution in [0.25, 0.3) is 0 Å². The van der Waals surface area contributed by atoms with Crippen LogP contribution in [0.4, 0.5) is 0 Å². The van der Waals surface area contributed by atoms with E-state index in [2.05, 4.69) is 29.6 Å². The lowest BCUT2D eigenvalue weighted by molar-refractivity contribution is 0.0683. The summed E-state index contributed by atoms with van der Waals surface area (Å²) in [5.41, 5.74) is 3.54. The Kier molecular flexibility index (Phi) is 4.94. The molecule has 28 heavy (non-hydrogen) atoms. The molecule has 1 saturated heterocycles. The molecule has 2 aromatic carbocycles. The van der Waals surface area contributed by atoms with Crippen molar-refractivity contribution in [1.29, 1.82) is 0 Å². The fourth-order valence-electron chi connectivity index (χ4n) is 4.05. The van der Waals surface area contributed by atoms with Gasteiger partial charge in [-0.15, -0.1) is 11.3 Å². The van der Waals surface area contributed by atoms with Crippen LogP contribution in [-0.4, -0.2) is 34.0 Å². The zero-order valence-corrected chi connectivity index (χ0v) is 17.0. The van der Waals surface area contributed by atoms with Gasteiger partial charge in [-0.25, -0.2) is 4.98 Å². The molecule has 0 radical (unpaired) electrons. The Morgan fingerprint density at radius 2 is 1.82 bits per heavy atom. The van der Waals surface area contributed by atoms with Crippen molar-refractivity contribution in [2.75, 3.05) is 13.1 Å². The van der Waals surface area contributed by atoms with Gasteiger partial charge in [-0.1, -0.05) is 36.4 Å². The van der Waals surface area contributed by atoms with Crippen LogP contribution in [0.5, 0.6) is 5.75 Å². The van der Waals surface area contributed by atoms with Crippen LogP contribution in [-0.2, 0) is 5.41 Å². The van der Waals surface area contributed by atoms with Gasteiger partial charge in [-0.2, -0.15) is 0 Å². The summed E-state index contributed by atoms with van der Waals surface area (Å²) in [4.78, 5) is 19.7. The number of nitrogens with zero attached hydrogens (tertiary/aromatic N) is 2. The van der Waals surface area contributed by atoms with Gasteiger partial charge in [-0.3, -0.25) is 4.79 Å². The van der Waals surface area contributed by atoms with Crippen molar-refractivity contribution in [3.05, 3.63) is 81.3 Å². The molecular formula is C23H24N2O2S. The van der Waals surface area contributed by atoms with E-state index in [1.54, 1.807) is 29.5 Å². The lowest BCUT2D eigenvalue weighted by Gasteiger charge is -2.41. The third-order valence-electron chi connectivity index (χ3n) is 5.80. The van der Waals surface area contributed by atoms with Crippen LogP contribution in [0.3, 0.4) is 0 Å². The number of thiazole rings is 1. The molecule has 5 heteroatoms. The number of carbonyl (C=O) groups is 1. The second-order valence-electron chi connectivity index (χ2n) is 7.49. The van der Waals surface area contributed by atoms with E-state index < -0.39 is 0 Å². The molecule has 1 aliphatic rings. The fourth-order valence-corrected chi connectivity index (χ4v) is 4.76. The summed E-state index contributed by atoms with van der Waals surface area (Å²) < 4.78 is 0. The normalized spacial score (nSPS) is 16.1. The highest BCUT2D eigenvalue weighted by atomic mass is 32.1. The third kappa shape index (κ3) is 3.31. The fraction of sp³-hybridized carbons (Fsp3) is 0.304. The summed E-state index contributed by atoms with van der Waals surface area (Å²) in [6.07, 6.45) is 1.67. The number of likely N-dealkylation sites (tertiary alicyclic amines) is 1. The Bertz CT molecular complexity index is 989. The maximum atomic E-state index is 13.0. The number of hydrogen-bond donors (Lipinski definition) is 1. The van der Waals surface area contributed by atoms with Crippen LogP contribution < -0.4 is 0 Å². The molecule has 0 aliphatic carbocycles. The number of aryl methyl sites for hydroxylation is 2. The Morgan fingerprint density at radius 1 is 1.11 bits per heavy atom. The highest BCUT2D eigenvalue weighted by molar-refractivity contribution is 7.09. The van der Waals surface area contributed by atoms with E-state index >= 15 is 0 Å². The Morgan fingerprint density at radius 3 is 2.43 bits per heavy atom. The van der Waals surface area contributed by atoms with Gasteiger partial charge in [0, 0.05) is 29.4 Å². The zero-order valence-electron chi connectivity index (χ0n) is 16.2. The molecule has 0 bridgehead atoms. The monoisotopic (exact) mass is 392 g/mol. The van der Waals surface area contributed by atoms with Crippen molar-refractivity contribution in [3.8, 4) is 5.75 Å². The molecule has 1 amide bonds. The minimum atomic E-state index is -0.155. The standard InChI is InChI=1S/C23H24N2O2S/c1-16-8-9-18(14-20(16)26)22(27)25-12-10-23(11-13-25,19-6-4-3-5-7-19)21-15-28-17(2)24-21/h3-9,14-15,26H,10-13H2,1-2H3. The first kappa shape index (κ1) is 18.7. The van der Waals surface area contributed by atoms with Crippen molar-refractivity contribution in [2.45, 2.75) is 32.1 Å². The predicted octanol–water partition coefficient (Wildman–Crippen LogP) is 4.69. The quantitative estimate of drug-likeness (QED) is 0.704. The molecular weight excluding hydrogens is 368 g/mol. The van der Waals surface area contributed by atoms with E-state index in [-0.39, 0.29) is 17.1 Å². The van der Waals surface area contributed by atoms with Crippen LogP contribution in [0, 0.1) is 13.8 Å². The number of aromatic hydroxyl groups is 1.